The highest BCUT2D eigenvalue weighted by Crippen LogP contribution is 2.64. The smallest absolute Gasteiger partial charge is 0.309 e. The van der Waals surface area contributed by atoms with Crippen molar-refractivity contribution in [3.8, 4) is 0 Å². The molecule has 0 N–H and O–H groups in total. The third kappa shape index (κ3) is 6.29. The third-order valence-electron chi connectivity index (χ3n) is 8.12. The van der Waals surface area contributed by atoms with Gasteiger partial charge in [-0.25, -0.2) is 0 Å². The average Bonchev–Trinajstić information content (AvgIpc) is 2.77. The summed E-state index contributed by atoms with van der Waals surface area (Å²) in [6.45, 7) is 9.26. The molecule has 4 unspecified atom stereocenters. The van der Waals surface area contributed by atoms with Crippen LogP contribution in [0.3, 0.4) is 0 Å². The molecule has 0 saturated heterocycles. The maximum Gasteiger partial charge on any atom is 0.330 e. The lowest BCUT2D eigenvalue weighted by Crippen LogP contribution is -2.51. The zero-order valence-electron chi connectivity index (χ0n) is 20.7. The molecule has 3 aliphatic carbocycles. The Kier molecular flexibility index (Phi) is 10.4. The first-order valence-corrected chi connectivity index (χ1v) is 16.6. The van der Waals surface area contributed by atoms with Gasteiger partial charge in [-0.3, -0.25) is 9.13 Å². The molecule has 6 nitrogen and oxygen atoms in total. The molecule has 0 bridgehead atoms. The lowest BCUT2D eigenvalue weighted by atomic mass is 9.51. The second kappa shape index (κ2) is 12.3. The van der Waals surface area contributed by atoms with E-state index in [0.717, 1.165) is 0 Å². The quantitative estimate of drug-likeness (QED) is 0.265. The van der Waals surface area contributed by atoms with Gasteiger partial charge in [0, 0.05) is 0 Å². The first-order valence-electron chi connectivity index (χ1n) is 13.2. The largest absolute Gasteiger partial charge is 0.330 e. The van der Waals surface area contributed by atoms with Gasteiger partial charge >= 0.3 is 15.2 Å². The van der Waals surface area contributed by atoms with E-state index in [1.54, 1.807) is 0 Å². The SMILES string of the molecule is CCOP(=O)(CC1C2CCCCC2C(CP(=O)(OCC)OCC)C2CCCCC21)OCC. The Morgan fingerprint density at radius 3 is 1.00 bits per heavy atom. The van der Waals surface area contributed by atoms with Gasteiger partial charge in [0.25, 0.3) is 0 Å². The van der Waals surface area contributed by atoms with Crippen LogP contribution in [-0.4, -0.2) is 38.8 Å². The van der Waals surface area contributed by atoms with Crippen molar-refractivity contribution in [3.05, 3.63) is 0 Å². The van der Waals surface area contributed by atoms with Crippen LogP contribution in [0.5, 0.6) is 0 Å². The minimum atomic E-state index is -3.10. The molecule has 0 aromatic carbocycles. The van der Waals surface area contributed by atoms with Crippen molar-refractivity contribution in [3.63, 3.8) is 0 Å². The van der Waals surface area contributed by atoms with E-state index in [1.807, 2.05) is 27.7 Å². The highest BCUT2D eigenvalue weighted by atomic mass is 31.2. The van der Waals surface area contributed by atoms with E-state index in [1.165, 1.54) is 51.4 Å². The Labute approximate surface area is 195 Å². The van der Waals surface area contributed by atoms with Gasteiger partial charge in [0.15, 0.2) is 0 Å². The van der Waals surface area contributed by atoms with E-state index < -0.39 is 15.2 Å². The van der Waals surface area contributed by atoms with Crippen molar-refractivity contribution in [1.82, 2.24) is 0 Å². The van der Waals surface area contributed by atoms with E-state index >= 15 is 0 Å². The predicted molar refractivity (Wildman–Crippen MR) is 129 cm³/mol. The van der Waals surface area contributed by atoms with Crippen molar-refractivity contribution in [2.75, 3.05) is 38.8 Å². The van der Waals surface area contributed by atoms with E-state index in [2.05, 4.69) is 0 Å². The molecule has 188 valence electrons. The topological polar surface area (TPSA) is 71.1 Å². The first-order chi connectivity index (χ1) is 15.4. The maximum absolute atomic E-state index is 13.6. The summed E-state index contributed by atoms with van der Waals surface area (Å²) in [7, 11) is -6.20. The molecular weight excluding hydrogens is 446 g/mol. The second-order valence-corrected chi connectivity index (χ2v) is 14.0. The standard InChI is InChI=1S/C24H46O6P2/c1-5-27-31(25,28-6-2)17-23-19-13-9-11-15-21(19)24(22-16-12-10-14-20(22)23)18-32(26,29-7-3)30-8-4/h19-24H,5-18H2,1-4H3. The zero-order valence-corrected chi connectivity index (χ0v) is 22.5. The summed E-state index contributed by atoms with van der Waals surface area (Å²) < 4.78 is 50.2. The van der Waals surface area contributed by atoms with E-state index in [0.29, 0.717) is 74.3 Å². The van der Waals surface area contributed by atoms with Crippen molar-refractivity contribution in [2.24, 2.45) is 35.5 Å². The molecule has 3 aliphatic rings. The fourth-order valence-electron chi connectivity index (χ4n) is 7.27. The average molecular weight is 493 g/mol. The predicted octanol–water partition coefficient (Wildman–Crippen LogP) is 7.38. The Bertz CT molecular complexity index is 571. The molecule has 0 radical (unpaired) electrons. The summed E-state index contributed by atoms with van der Waals surface area (Å²) in [4.78, 5) is 0. The lowest BCUT2D eigenvalue weighted by Gasteiger charge is -2.56. The molecule has 0 aliphatic heterocycles. The molecule has 0 aromatic heterocycles. The van der Waals surface area contributed by atoms with Crippen LogP contribution in [0.15, 0.2) is 0 Å². The van der Waals surface area contributed by atoms with Gasteiger partial charge in [0.05, 0.1) is 38.8 Å². The molecule has 0 spiro atoms. The number of fused-ring (bicyclic) bond motifs is 2. The Balaban J connectivity index is 1.91. The van der Waals surface area contributed by atoms with Gasteiger partial charge in [-0.05, 0) is 88.9 Å². The Morgan fingerprint density at radius 1 is 0.531 bits per heavy atom. The van der Waals surface area contributed by atoms with Crippen LogP contribution in [0.25, 0.3) is 0 Å². The van der Waals surface area contributed by atoms with E-state index in [-0.39, 0.29) is 0 Å². The first kappa shape index (κ1) is 26.9. The number of hydrogen-bond acceptors (Lipinski definition) is 6. The molecule has 4 atom stereocenters. The summed E-state index contributed by atoms with van der Waals surface area (Å²) in [5.74, 6) is 2.73. The van der Waals surface area contributed by atoms with Crippen LogP contribution in [0, 0.1) is 35.5 Å². The van der Waals surface area contributed by atoms with Crippen molar-refractivity contribution in [1.29, 1.82) is 0 Å². The minimum absolute atomic E-state index is 0.365. The van der Waals surface area contributed by atoms with E-state index in [9.17, 15) is 9.13 Å². The zero-order chi connectivity index (χ0) is 23.2. The summed E-state index contributed by atoms with van der Waals surface area (Å²) >= 11 is 0. The van der Waals surface area contributed by atoms with Crippen LogP contribution >= 0.6 is 15.2 Å². The molecule has 0 aromatic rings. The summed E-state index contributed by atoms with van der Waals surface area (Å²) in [5.41, 5.74) is 0. The molecule has 32 heavy (non-hydrogen) atoms. The minimum Gasteiger partial charge on any atom is -0.309 e. The van der Waals surface area contributed by atoms with Crippen molar-refractivity contribution in [2.45, 2.75) is 79.1 Å². The van der Waals surface area contributed by atoms with Crippen LogP contribution in [0.2, 0.25) is 0 Å². The van der Waals surface area contributed by atoms with Crippen molar-refractivity contribution < 1.29 is 27.2 Å². The molecule has 3 saturated carbocycles. The molecule has 3 fully saturated rings. The highest BCUT2D eigenvalue weighted by Gasteiger charge is 2.54. The fraction of sp³-hybridized carbons (Fsp3) is 1.00. The monoisotopic (exact) mass is 492 g/mol. The molecule has 3 rings (SSSR count). The van der Waals surface area contributed by atoms with Crippen LogP contribution in [0.4, 0.5) is 0 Å². The number of rotatable bonds is 12. The lowest BCUT2D eigenvalue weighted by molar-refractivity contribution is -0.0483. The normalized spacial score (nSPS) is 33.5. The second-order valence-electron chi connectivity index (χ2n) is 9.81. The Hall–Kier alpha value is 0.300. The van der Waals surface area contributed by atoms with Gasteiger partial charge in [-0.15, -0.1) is 0 Å². The van der Waals surface area contributed by atoms with Gasteiger partial charge in [0.1, 0.15) is 0 Å². The van der Waals surface area contributed by atoms with Crippen LogP contribution in [0.1, 0.15) is 79.1 Å². The molecular formula is C24H46O6P2. The molecule has 0 amide bonds. The molecule has 0 heterocycles. The summed E-state index contributed by atoms with van der Waals surface area (Å²) in [5, 5.41) is 0. The summed E-state index contributed by atoms with van der Waals surface area (Å²) in [6.07, 6.45) is 10.7. The maximum atomic E-state index is 13.6. The van der Waals surface area contributed by atoms with Crippen LogP contribution in [-0.2, 0) is 27.2 Å². The van der Waals surface area contributed by atoms with E-state index in [4.69, 9.17) is 18.1 Å². The van der Waals surface area contributed by atoms with Gasteiger partial charge in [-0.1, -0.05) is 25.7 Å². The Morgan fingerprint density at radius 2 is 0.781 bits per heavy atom. The van der Waals surface area contributed by atoms with Gasteiger partial charge in [-0.2, -0.15) is 0 Å². The van der Waals surface area contributed by atoms with Crippen molar-refractivity contribution >= 4 is 15.2 Å². The van der Waals surface area contributed by atoms with Crippen LogP contribution < -0.4 is 0 Å². The summed E-state index contributed by atoms with van der Waals surface area (Å²) in [6, 6.07) is 0. The number of hydrogen-bond donors (Lipinski definition) is 0. The van der Waals surface area contributed by atoms with Gasteiger partial charge < -0.3 is 18.1 Å². The fourth-order valence-corrected chi connectivity index (χ4v) is 11.5. The molecule has 8 heteroatoms. The van der Waals surface area contributed by atoms with Gasteiger partial charge in [0.2, 0.25) is 0 Å². The third-order valence-corrected chi connectivity index (χ3v) is 12.5. The highest BCUT2D eigenvalue weighted by molar-refractivity contribution is 7.54.